The largest absolute Gasteiger partial charge is 0.390 e. The highest BCUT2D eigenvalue weighted by molar-refractivity contribution is 7.16. The fourth-order valence-electron chi connectivity index (χ4n) is 2.69. The van der Waals surface area contributed by atoms with Crippen LogP contribution in [0.15, 0.2) is 24.5 Å². The number of nitrogens with zero attached hydrogens (tertiary/aromatic N) is 5. The van der Waals surface area contributed by atoms with E-state index in [9.17, 15) is 5.11 Å². The molecule has 4 aromatic rings. The summed E-state index contributed by atoms with van der Waals surface area (Å²) in [5.41, 5.74) is 4.43. The number of benzene rings is 1. The fraction of sp³-hybridized carbons (Fsp3) is 0.312. The van der Waals surface area contributed by atoms with Crippen molar-refractivity contribution in [1.29, 1.82) is 0 Å². The molecule has 3 aromatic heterocycles. The quantitative estimate of drug-likeness (QED) is 0.628. The van der Waals surface area contributed by atoms with E-state index >= 15 is 0 Å². The van der Waals surface area contributed by atoms with Gasteiger partial charge in [0.25, 0.3) is 0 Å². The summed E-state index contributed by atoms with van der Waals surface area (Å²) in [6, 6.07) is 6.04. The molecule has 1 aromatic carbocycles. The molecule has 0 aliphatic rings. The lowest BCUT2D eigenvalue weighted by atomic mass is 10.1. The Labute approximate surface area is 137 Å². The molecular formula is C16H17N5OS. The van der Waals surface area contributed by atoms with Gasteiger partial charge in [0.05, 0.1) is 35.4 Å². The molecule has 0 fully saturated rings. The SMILES string of the molecule is CC(C)c1nn2c(CO)c(-c3ccc4c(c3)ncn4C)nc2s1. The second-order valence-corrected chi connectivity index (χ2v) is 6.90. The van der Waals surface area contributed by atoms with Crippen LogP contribution < -0.4 is 0 Å². The molecular weight excluding hydrogens is 310 g/mol. The second kappa shape index (κ2) is 5.14. The van der Waals surface area contributed by atoms with E-state index in [1.807, 2.05) is 29.8 Å². The first-order chi connectivity index (χ1) is 11.1. The molecule has 4 rings (SSSR count). The van der Waals surface area contributed by atoms with Gasteiger partial charge in [0, 0.05) is 18.5 Å². The first kappa shape index (κ1) is 14.3. The molecule has 0 bridgehead atoms. The van der Waals surface area contributed by atoms with Crippen LogP contribution >= 0.6 is 11.3 Å². The highest BCUT2D eigenvalue weighted by Gasteiger charge is 2.19. The topological polar surface area (TPSA) is 68.2 Å². The van der Waals surface area contributed by atoms with Crippen LogP contribution in [0, 0.1) is 0 Å². The van der Waals surface area contributed by atoms with Crippen LogP contribution in [0.4, 0.5) is 0 Å². The Morgan fingerprint density at radius 2 is 2.13 bits per heavy atom. The predicted molar refractivity (Wildman–Crippen MR) is 90.6 cm³/mol. The third-order valence-electron chi connectivity index (χ3n) is 3.95. The minimum absolute atomic E-state index is 0.0992. The molecule has 0 aliphatic heterocycles. The van der Waals surface area contributed by atoms with Gasteiger partial charge in [-0.2, -0.15) is 5.10 Å². The molecule has 0 aliphatic carbocycles. The van der Waals surface area contributed by atoms with E-state index in [2.05, 4.69) is 23.9 Å². The van der Waals surface area contributed by atoms with Gasteiger partial charge >= 0.3 is 0 Å². The Morgan fingerprint density at radius 1 is 1.30 bits per heavy atom. The van der Waals surface area contributed by atoms with E-state index in [4.69, 9.17) is 4.98 Å². The van der Waals surface area contributed by atoms with Crippen LogP contribution in [0.1, 0.15) is 30.5 Å². The van der Waals surface area contributed by atoms with Crippen LogP contribution in [0.5, 0.6) is 0 Å². The van der Waals surface area contributed by atoms with Crippen molar-refractivity contribution < 1.29 is 5.11 Å². The van der Waals surface area contributed by atoms with Gasteiger partial charge in [0.2, 0.25) is 4.96 Å². The number of rotatable bonds is 3. The van der Waals surface area contributed by atoms with Gasteiger partial charge in [-0.05, 0) is 12.1 Å². The van der Waals surface area contributed by atoms with E-state index in [1.165, 1.54) is 0 Å². The van der Waals surface area contributed by atoms with E-state index in [0.29, 0.717) is 5.92 Å². The summed E-state index contributed by atoms with van der Waals surface area (Å²) in [5, 5.41) is 15.4. The van der Waals surface area contributed by atoms with Gasteiger partial charge in [-0.1, -0.05) is 31.3 Å². The zero-order chi connectivity index (χ0) is 16.1. The number of aliphatic hydroxyl groups is 1. The Morgan fingerprint density at radius 3 is 2.87 bits per heavy atom. The molecule has 0 radical (unpaired) electrons. The molecule has 118 valence electrons. The molecule has 6 nitrogen and oxygen atoms in total. The smallest absolute Gasteiger partial charge is 0.213 e. The first-order valence-corrected chi connectivity index (χ1v) is 8.30. The molecule has 3 heterocycles. The van der Waals surface area contributed by atoms with Crippen LogP contribution in [0.3, 0.4) is 0 Å². The van der Waals surface area contributed by atoms with Gasteiger partial charge in [0.15, 0.2) is 0 Å². The van der Waals surface area contributed by atoms with Crippen LogP contribution in [0.2, 0.25) is 0 Å². The Kier molecular flexibility index (Phi) is 3.21. The number of imidazole rings is 2. The first-order valence-electron chi connectivity index (χ1n) is 7.49. The number of hydrogen-bond donors (Lipinski definition) is 1. The summed E-state index contributed by atoms with van der Waals surface area (Å²) in [5.74, 6) is 0.349. The minimum Gasteiger partial charge on any atom is -0.390 e. The molecule has 0 unspecified atom stereocenters. The molecule has 23 heavy (non-hydrogen) atoms. The number of aryl methyl sites for hydroxylation is 1. The van der Waals surface area contributed by atoms with Crippen molar-refractivity contribution in [3.05, 3.63) is 35.2 Å². The molecule has 0 atom stereocenters. The van der Waals surface area contributed by atoms with E-state index in [0.717, 1.165) is 38.0 Å². The summed E-state index contributed by atoms with van der Waals surface area (Å²) >= 11 is 1.57. The van der Waals surface area contributed by atoms with Crippen molar-refractivity contribution >= 4 is 27.3 Å². The van der Waals surface area contributed by atoms with E-state index < -0.39 is 0 Å². The molecule has 0 spiro atoms. The lowest BCUT2D eigenvalue weighted by Gasteiger charge is -2.02. The zero-order valence-corrected chi connectivity index (χ0v) is 14.0. The fourth-order valence-corrected chi connectivity index (χ4v) is 3.61. The Hall–Kier alpha value is -2.25. The van der Waals surface area contributed by atoms with Gasteiger partial charge < -0.3 is 9.67 Å². The molecule has 0 saturated carbocycles. The average molecular weight is 327 g/mol. The summed E-state index contributed by atoms with van der Waals surface area (Å²) < 4.78 is 3.74. The maximum atomic E-state index is 9.82. The van der Waals surface area contributed by atoms with Crippen molar-refractivity contribution in [3.8, 4) is 11.3 Å². The van der Waals surface area contributed by atoms with Crippen LogP contribution in [-0.4, -0.2) is 29.3 Å². The maximum Gasteiger partial charge on any atom is 0.213 e. The standard InChI is InChI=1S/C16H17N5OS/c1-9(2)15-19-21-13(7-22)14(18-16(21)23-15)10-4-5-12-11(6-10)17-8-20(12)3/h4-6,8-9,22H,7H2,1-3H3. The summed E-state index contributed by atoms with van der Waals surface area (Å²) in [7, 11) is 1.97. The zero-order valence-electron chi connectivity index (χ0n) is 13.2. The van der Waals surface area contributed by atoms with Gasteiger partial charge in [-0.15, -0.1) is 0 Å². The van der Waals surface area contributed by atoms with E-state index in [-0.39, 0.29) is 6.61 Å². The lowest BCUT2D eigenvalue weighted by molar-refractivity contribution is 0.275. The Balaban J connectivity index is 1.90. The third-order valence-corrected chi connectivity index (χ3v) is 5.16. The summed E-state index contributed by atoms with van der Waals surface area (Å²) in [6.45, 7) is 4.11. The van der Waals surface area contributed by atoms with Crippen molar-refractivity contribution in [2.24, 2.45) is 7.05 Å². The van der Waals surface area contributed by atoms with Gasteiger partial charge in [-0.25, -0.2) is 14.5 Å². The second-order valence-electron chi connectivity index (χ2n) is 5.91. The third kappa shape index (κ3) is 2.15. The van der Waals surface area contributed by atoms with Crippen molar-refractivity contribution in [3.63, 3.8) is 0 Å². The van der Waals surface area contributed by atoms with Crippen LogP contribution in [0.25, 0.3) is 27.3 Å². The van der Waals surface area contributed by atoms with Gasteiger partial charge in [-0.3, -0.25) is 0 Å². The number of aromatic nitrogens is 5. The number of aliphatic hydroxyl groups excluding tert-OH is 1. The monoisotopic (exact) mass is 327 g/mol. The normalized spacial score (nSPS) is 12.0. The van der Waals surface area contributed by atoms with Crippen molar-refractivity contribution in [1.82, 2.24) is 24.1 Å². The summed E-state index contributed by atoms with van der Waals surface area (Å²) in [6.07, 6.45) is 1.80. The highest BCUT2D eigenvalue weighted by Crippen LogP contribution is 2.30. The molecule has 0 saturated heterocycles. The average Bonchev–Trinajstić information content (AvgIpc) is 3.19. The Bertz CT molecular complexity index is 1010. The summed E-state index contributed by atoms with van der Waals surface area (Å²) in [4.78, 5) is 9.90. The van der Waals surface area contributed by atoms with Crippen molar-refractivity contribution in [2.75, 3.05) is 0 Å². The maximum absolute atomic E-state index is 9.82. The lowest BCUT2D eigenvalue weighted by Crippen LogP contribution is -1.97. The van der Waals surface area contributed by atoms with E-state index in [1.54, 1.807) is 22.2 Å². The van der Waals surface area contributed by atoms with Crippen molar-refractivity contribution in [2.45, 2.75) is 26.4 Å². The predicted octanol–water partition coefficient (Wildman–Crippen LogP) is 2.96. The molecule has 0 amide bonds. The molecule has 7 heteroatoms. The minimum atomic E-state index is -0.0992. The number of fused-ring (bicyclic) bond motifs is 2. The van der Waals surface area contributed by atoms with Gasteiger partial charge in [0.1, 0.15) is 5.01 Å². The van der Waals surface area contributed by atoms with Crippen LogP contribution in [-0.2, 0) is 13.7 Å². The number of hydrogen-bond acceptors (Lipinski definition) is 5. The molecule has 1 N–H and O–H groups in total. The highest BCUT2D eigenvalue weighted by atomic mass is 32.1.